The molecule has 1 nitrogen and oxygen atoms in total. The van der Waals surface area contributed by atoms with E-state index >= 15 is 0 Å². The van der Waals surface area contributed by atoms with Crippen LogP contribution in [0.25, 0.3) is 0 Å². The lowest BCUT2D eigenvalue weighted by Gasteiger charge is -2.21. The van der Waals surface area contributed by atoms with Crippen molar-refractivity contribution < 1.29 is 4.79 Å². The summed E-state index contributed by atoms with van der Waals surface area (Å²) in [5, 5.41) is 0. The smallest absolute Gasteiger partial charge is 0.136 e. The lowest BCUT2D eigenvalue weighted by atomic mass is 9.82. The van der Waals surface area contributed by atoms with Crippen LogP contribution in [-0.2, 0) is 4.79 Å². The fraction of sp³-hybridized carbons (Fsp3) is 0.889. The molecule has 2 aliphatic rings. The van der Waals surface area contributed by atoms with E-state index in [9.17, 15) is 4.79 Å². The monoisotopic (exact) mass is 138 g/mol. The lowest BCUT2D eigenvalue weighted by molar-refractivity contribution is -0.122. The van der Waals surface area contributed by atoms with Crippen LogP contribution in [0.2, 0.25) is 0 Å². The molecule has 0 amide bonds. The maximum Gasteiger partial charge on any atom is 0.136 e. The van der Waals surface area contributed by atoms with E-state index in [0.717, 1.165) is 12.8 Å². The fourth-order valence-corrected chi connectivity index (χ4v) is 2.72. The van der Waals surface area contributed by atoms with Crippen LogP contribution in [0.3, 0.4) is 0 Å². The molecule has 0 radical (unpaired) electrons. The Balaban J connectivity index is 2.35. The molecule has 0 saturated heterocycles. The van der Waals surface area contributed by atoms with Crippen molar-refractivity contribution in [2.24, 2.45) is 17.3 Å². The second-order valence-electron chi connectivity index (χ2n) is 4.32. The Morgan fingerprint density at radius 3 is 2.30 bits per heavy atom. The highest BCUT2D eigenvalue weighted by Gasteiger charge is 2.52. The van der Waals surface area contributed by atoms with Crippen LogP contribution >= 0.6 is 0 Å². The zero-order chi connectivity index (χ0) is 7.35. The first-order chi connectivity index (χ1) is 4.62. The predicted octanol–water partition coefficient (Wildman–Crippen LogP) is 2.01. The van der Waals surface area contributed by atoms with Gasteiger partial charge in [0.2, 0.25) is 0 Å². The largest absolute Gasteiger partial charge is 0.299 e. The number of rotatable bonds is 0. The van der Waals surface area contributed by atoms with E-state index in [2.05, 4.69) is 13.8 Å². The predicted molar refractivity (Wildman–Crippen MR) is 39.6 cm³/mol. The molecule has 0 aromatic carbocycles. The number of fused-ring (bicyclic) bond motifs is 2. The third-order valence-electron chi connectivity index (χ3n) is 3.59. The quantitative estimate of drug-likeness (QED) is 0.500. The van der Waals surface area contributed by atoms with E-state index in [1.165, 1.54) is 6.42 Å². The van der Waals surface area contributed by atoms with Crippen molar-refractivity contribution in [2.45, 2.75) is 33.1 Å². The van der Waals surface area contributed by atoms with Crippen LogP contribution in [0.1, 0.15) is 33.1 Å². The fourth-order valence-electron chi connectivity index (χ4n) is 2.72. The number of ketones is 1. The van der Waals surface area contributed by atoms with Crippen LogP contribution in [0.15, 0.2) is 0 Å². The van der Waals surface area contributed by atoms with Gasteiger partial charge in [0, 0.05) is 12.3 Å². The second kappa shape index (κ2) is 1.63. The molecule has 2 atom stereocenters. The first-order valence-electron chi connectivity index (χ1n) is 4.15. The van der Waals surface area contributed by atoms with E-state index in [0.29, 0.717) is 23.0 Å². The standard InChI is InChI=1S/C9H14O/c1-9(2)6-3-4-7(9)8(10)5-6/h6-7H,3-5H2,1-2H3/t6-,7+/m0/s1. The molecule has 1 heteroatoms. The molecule has 0 spiro atoms. The highest BCUT2D eigenvalue weighted by molar-refractivity contribution is 5.85. The summed E-state index contributed by atoms with van der Waals surface area (Å²) >= 11 is 0. The minimum atomic E-state index is 0.344. The maximum absolute atomic E-state index is 11.3. The molecular weight excluding hydrogens is 124 g/mol. The molecular formula is C9H14O. The molecule has 0 heterocycles. The summed E-state index contributed by atoms with van der Waals surface area (Å²) in [6, 6.07) is 0. The van der Waals surface area contributed by atoms with Crippen molar-refractivity contribution >= 4 is 5.78 Å². The minimum Gasteiger partial charge on any atom is -0.299 e. The van der Waals surface area contributed by atoms with Crippen molar-refractivity contribution in [2.75, 3.05) is 0 Å². The van der Waals surface area contributed by atoms with Gasteiger partial charge in [-0.05, 0) is 24.2 Å². The number of hydrogen-bond donors (Lipinski definition) is 0. The van der Waals surface area contributed by atoms with Gasteiger partial charge in [0.05, 0.1) is 0 Å². The molecule has 0 aromatic heterocycles. The average Bonchev–Trinajstić information content (AvgIpc) is 2.20. The molecule has 0 N–H and O–H groups in total. The van der Waals surface area contributed by atoms with Crippen LogP contribution in [0.5, 0.6) is 0 Å². The first-order valence-corrected chi connectivity index (χ1v) is 4.15. The molecule has 2 aliphatic carbocycles. The van der Waals surface area contributed by atoms with Crippen LogP contribution in [0.4, 0.5) is 0 Å². The minimum absolute atomic E-state index is 0.344. The summed E-state index contributed by atoms with van der Waals surface area (Å²) in [4.78, 5) is 11.3. The van der Waals surface area contributed by atoms with Gasteiger partial charge in [0.15, 0.2) is 0 Å². The highest BCUT2D eigenvalue weighted by atomic mass is 16.1. The maximum atomic E-state index is 11.3. The van der Waals surface area contributed by atoms with Gasteiger partial charge in [-0.25, -0.2) is 0 Å². The van der Waals surface area contributed by atoms with Gasteiger partial charge in [-0.1, -0.05) is 13.8 Å². The van der Waals surface area contributed by atoms with Gasteiger partial charge >= 0.3 is 0 Å². The molecule has 2 saturated carbocycles. The topological polar surface area (TPSA) is 17.1 Å². The van der Waals surface area contributed by atoms with E-state index in [1.54, 1.807) is 0 Å². The molecule has 0 aromatic rings. The Labute approximate surface area is 61.8 Å². The Hall–Kier alpha value is -0.330. The van der Waals surface area contributed by atoms with Crippen molar-refractivity contribution in [1.82, 2.24) is 0 Å². The molecule has 0 unspecified atom stereocenters. The number of Topliss-reactive ketones (excluding diaryl/α,β-unsaturated/α-hetero) is 1. The molecule has 0 aliphatic heterocycles. The van der Waals surface area contributed by atoms with E-state index < -0.39 is 0 Å². The van der Waals surface area contributed by atoms with Crippen molar-refractivity contribution in [3.8, 4) is 0 Å². The van der Waals surface area contributed by atoms with Gasteiger partial charge in [-0.15, -0.1) is 0 Å². The zero-order valence-electron chi connectivity index (χ0n) is 6.68. The Morgan fingerprint density at radius 2 is 2.10 bits per heavy atom. The summed E-state index contributed by atoms with van der Waals surface area (Å²) in [5.41, 5.74) is 0.344. The van der Waals surface area contributed by atoms with Crippen LogP contribution in [0, 0.1) is 17.3 Å². The van der Waals surface area contributed by atoms with Gasteiger partial charge in [0.25, 0.3) is 0 Å². The van der Waals surface area contributed by atoms with Gasteiger partial charge < -0.3 is 0 Å². The number of carbonyl (C=O) groups is 1. The van der Waals surface area contributed by atoms with Crippen molar-refractivity contribution in [3.63, 3.8) is 0 Å². The molecule has 2 fully saturated rings. The van der Waals surface area contributed by atoms with Crippen molar-refractivity contribution in [3.05, 3.63) is 0 Å². The SMILES string of the molecule is CC1(C)[C@H]2CC[C@@H]1C(=O)C2. The van der Waals surface area contributed by atoms with E-state index in [-0.39, 0.29) is 0 Å². The summed E-state index contributed by atoms with van der Waals surface area (Å²) in [5.74, 6) is 1.66. The van der Waals surface area contributed by atoms with E-state index in [4.69, 9.17) is 0 Å². The third-order valence-corrected chi connectivity index (χ3v) is 3.59. The first kappa shape index (κ1) is 6.38. The van der Waals surface area contributed by atoms with Gasteiger partial charge in [-0.3, -0.25) is 4.79 Å². The molecule has 2 rings (SSSR count). The normalized spacial score (nSPS) is 42.8. The van der Waals surface area contributed by atoms with Crippen LogP contribution in [-0.4, -0.2) is 5.78 Å². The second-order valence-corrected chi connectivity index (χ2v) is 4.32. The van der Waals surface area contributed by atoms with Gasteiger partial charge in [-0.2, -0.15) is 0 Å². The molecule has 10 heavy (non-hydrogen) atoms. The van der Waals surface area contributed by atoms with E-state index in [1.807, 2.05) is 0 Å². The zero-order valence-corrected chi connectivity index (χ0v) is 6.68. The highest BCUT2D eigenvalue weighted by Crippen LogP contribution is 2.55. The van der Waals surface area contributed by atoms with Crippen LogP contribution < -0.4 is 0 Å². The Kier molecular flexibility index (Phi) is 1.04. The summed E-state index contributed by atoms with van der Waals surface area (Å²) in [6.45, 7) is 4.50. The third kappa shape index (κ3) is 0.561. The molecule has 56 valence electrons. The van der Waals surface area contributed by atoms with Crippen molar-refractivity contribution in [1.29, 1.82) is 0 Å². The Bertz CT molecular complexity index is 181. The number of carbonyl (C=O) groups excluding carboxylic acids is 1. The average molecular weight is 138 g/mol. The van der Waals surface area contributed by atoms with Gasteiger partial charge in [0.1, 0.15) is 5.78 Å². The summed E-state index contributed by atoms with van der Waals surface area (Å²) in [6.07, 6.45) is 3.33. The lowest BCUT2D eigenvalue weighted by Crippen LogP contribution is -2.19. The summed E-state index contributed by atoms with van der Waals surface area (Å²) in [7, 11) is 0. The Morgan fingerprint density at radius 1 is 1.40 bits per heavy atom. The molecule has 2 bridgehead atoms. The number of hydrogen-bond acceptors (Lipinski definition) is 1. The summed E-state index contributed by atoms with van der Waals surface area (Å²) < 4.78 is 0.